The molecular weight excluding hydrogens is 366 g/mol. The van der Waals surface area contributed by atoms with Crippen LogP contribution in [0.5, 0.6) is 0 Å². The Bertz CT molecular complexity index is 898. The molecule has 0 N–H and O–H groups in total. The van der Waals surface area contributed by atoms with Crippen LogP contribution in [-0.4, -0.2) is 42.4 Å². The molecule has 1 atom stereocenters. The predicted octanol–water partition coefficient (Wildman–Crippen LogP) is 3.91. The molecule has 0 aliphatic carbocycles. The summed E-state index contributed by atoms with van der Waals surface area (Å²) in [5.41, 5.74) is 2.41. The Morgan fingerprint density at radius 3 is 2.17 bits per heavy atom. The Kier molecular flexibility index (Phi) is 5.86. The molecule has 1 amide bonds. The normalized spacial score (nSPS) is 16.7. The van der Waals surface area contributed by atoms with Gasteiger partial charge in [0.2, 0.25) is 0 Å². The minimum Gasteiger partial charge on any atom is -0.461 e. The van der Waals surface area contributed by atoms with Crippen molar-refractivity contribution < 1.29 is 18.7 Å². The first-order valence-corrected chi connectivity index (χ1v) is 9.81. The van der Waals surface area contributed by atoms with Crippen LogP contribution in [0.4, 0.5) is 0 Å². The lowest BCUT2D eigenvalue weighted by atomic mass is 9.86. The number of carbonyl (C=O) groups excluding carboxylic acids is 2. The Morgan fingerprint density at radius 1 is 0.931 bits per heavy atom. The third-order valence-electron chi connectivity index (χ3n) is 5.27. The number of hydrogen-bond donors (Lipinski definition) is 0. The van der Waals surface area contributed by atoms with Gasteiger partial charge in [0.25, 0.3) is 11.7 Å². The zero-order valence-electron chi connectivity index (χ0n) is 16.1. The number of hydrogen-bond acceptors (Lipinski definition) is 4. The van der Waals surface area contributed by atoms with E-state index in [1.165, 1.54) is 23.5 Å². The second-order valence-corrected chi connectivity index (χ2v) is 7.16. The summed E-state index contributed by atoms with van der Waals surface area (Å²) in [6.45, 7) is 1.21. The fraction of sp³-hybridized carbons (Fsp3) is 0.250. The third kappa shape index (κ3) is 4.46. The number of morpholine rings is 1. The standard InChI is InChI=1S/C24H23NO4/c26-23(22-12-7-14-29-22)24(27)25-13-15-28-20(17-25)16-21(18-8-3-1-4-9-18)19-10-5-2-6-11-19/h1-12,14,20-21H,13,15-17H2/t20-/m0/s1. The number of benzene rings is 2. The maximum atomic E-state index is 12.6. The number of rotatable bonds is 6. The zero-order chi connectivity index (χ0) is 20.1. The first-order chi connectivity index (χ1) is 14.2. The molecule has 148 valence electrons. The topological polar surface area (TPSA) is 59.8 Å². The highest BCUT2D eigenvalue weighted by Gasteiger charge is 2.31. The van der Waals surface area contributed by atoms with Crippen molar-refractivity contribution in [1.29, 1.82) is 0 Å². The summed E-state index contributed by atoms with van der Waals surface area (Å²) in [6, 6.07) is 23.7. The van der Waals surface area contributed by atoms with E-state index >= 15 is 0 Å². The van der Waals surface area contributed by atoms with Crippen molar-refractivity contribution in [2.45, 2.75) is 18.4 Å². The number of amides is 1. The molecule has 2 heterocycles. The highest BCUT2D eigenvalue weighted by Crippen LogP contribution is 2.31. The molecule has 0 radical (unpaired) electrons. The minimum atomic E-state index is -0.613. The molecule has 5 nitrogen and oxygen atoms in total. The quantitative estimate of drug-likeness (QED) is 0.474. The van der Waals surface area contributed by atoms with Gasteiger partial charge in [0.15, 0.2) is 5.76 Å². The van der Waals surface area contributed by atoms with Crippen LogP contribution in [-0.2, 0) is 9.53 Å². The van der Waals surface area contributed by atoms with Crippen LogP contribution < -0.4 is 0 Å². The van der Waals surface area contributed by atoms with Crippen molar-refractivity contribution in [3.8, 4) is 0 Å². The molecule has 2 aromatic carbocycles. The minimum absolute atomic E-state index is 0.0736. The Hall–Kier alpha value is -3.18. The average Bonchev–Trinajstić information content (AvgIpc) is 3.33. The van der Waals surface area contributed by atoms with E-state index < -0.39 is 11.7 Å². The van der Waals surface area contributed by atoms with E-state index in [0.717, 1.165) is 6.42 Å². The number of nitrogens with zero attached hydrogens (tertiary/aromatic N) is 1. The van der Waals surface area contributed by atoms with Crippen molar-refractivity contribution in [3.63, 3.8) is 0 Å². The molecule has 5 heteroatoms. The van der Waals surface area contributed by atoms with Gasteiger partial charge in [-0.3, -0.25) is 9.59 Å². The molecule has 0 bridgehead atoms. The predicted molar refractivity (Wildman–Crippen MR) is 109 cm³/mol. The molecule has 1 fully saturated rings. The van der Waals surface area contributed by atoms with Crippen molar-refractivity contribution in [1.82, 2.24) is 4.90 Å². The van der Waals surface area contributed by atoms with Crippen molar-refractivity contribution in [3.05, 3.63) is 95.9 Å². The van der Waals surface area contributed by atoms with E-state index in [0.29, 0.717) is 19.7 Å². The van der Waals surface area contributed by atoms with E-state index in [2.05, 4.69) is 24.3 Å². The summed E-state index contributed by atoms with van der Waals surface area (Å²) in [7, 11) is 0. The molecule has 29 heavy (non-hydrogen) atoms. The zero-order valence-corrected chi connectivity index (χ0v) is 16.1. The molecule has 1 saturated heterocycles. The van der Waals surface area contributed by atoms with Crippen LogP contribution in [0, 0.1) is 0 Å². The van der Waals surface area contributed by atoms with Crippen LogP contribution in [0.25, 0.3) is 0 Å². The van der Waals surface area contributed by atoms with E-state index in [1.54, 1.807) is 11.0 Å². The van der Waals surface area contributed by atoms with Crippen LogP contribution in [0.15, 0.2) is 83.5 Å². The molecule has 3 aromatic rings. The fourth-order valence-corrected chi connectivity index (χ4v) is 3.80. The third-order valence-corrected chi connectivity index (χ3v) is 5.27. The first-order valence-electron chi connectivity index (χ1n) is 9.81. The summed E-state index contributed by atoms with van der Waals surface area (Å²) < 4.78 is 11.1. The van der Waals surface area contributed by atoms with Gasteiger partial charge < -0.3 is 14.1 Å². The molecule has 0 unspecified atom stereocenters. The van der Waals surface area contributed by atoms with Gasteiger partial charge in [0.1, 0.15) is 0 Å². The van der Waals surface area contributed by atoms with E-state index in [9.17, 15) is 9.59 Å². The lowest BCUT2D eigenvalue weighted by Gasteiger charge is -2.34. The van der Waals surface area contributed by atoms with Crippen molar-refractivity contribution in [2.24, 2.45) is 0 Å². The lowest BCUT2D eigenvalue weighted by Crippen LogP contribution is -2.48. The van der Waals surface area contributed by atoms with Crippen molar-refractivity contribution in [2.75, 3.05) is 19.7 Å². The van der Waals surface area contributed by atoms with Gasteiger partial charge in [-0.2, -0.15) is 0 Å². The Balaban J connectivity index is 1.49. The lowest BCUT2D eigenvalue weighted by molar-refractivity contribution is -0.134. The SMILES string of the molecule is O=C(C(=O)N1CCO[C@@H](CC(c2ccccc2)c2ccccc2)C1)c1ccco1. The number of ketones is 1. The molecule has 1 aromatic heterocycles. The summed E-state index contributed by atoms with van der Waals surface area (Å²) in [4.78, 5) is 26.6. The average molecular weight is 389 g/mol. The van der Waals surface area contributed by atoms with E-state index in [4.69, 9.17) is 9.15 Å². The highest BCUT2D eigenvalue weighted by atomic mass is 16.5. The van der Waals surface area contributed by atoms with E-state index in [-0.39, 0.29) is 17.8 Å². The van der Waals surface area contributed by atoms with Gasteiger partial charge in [-0.05, 0) is 29.7 Å². The van der Waals surface area contributed by atoms with Gasteiger partial charge in [-0.1, -0.05) is 60.7 Å². The summed E-state index contributed by atoms with van der Waals surface area (Å²) >= 11 is 0. The summed E-state index contributed by atoms with van der Waals surface area (Å²) in [6.07, 6.45) is 1.97. The maximum Gasteiger partial charge on any atom is 0.298 e. The molecule has 1 aliphatic heterocycles. The Morgan fingerprint density at radius 2 is 1.59 bits per heavy atom. The van der Waals surface area contributed by atoms with Gasteiger partial charge >= 0.3 is 0 Å². The van der Waals surface area contributed by atoms with Crippen LogP contribution >= 0.6 is 0 Å². The van der Waals surface area contributed by atoms with Crippen LogP contribution in [0.2, 0.25) is 0 Å². The highest BCUT2D eigenvalue weighted by molar-refractivity contribution is 6.41. The number of ether oxygens (including phenoxy) is 1. The van der Waals surface area contributed by atoms with Gasteiger partial charge in [-0.25, -0.2) is 0 Å². The smallest absolute Gasteiger partial charge is 0.298 e. The second-order valence-electron chi connectivity index (χ2n) is 7.16. The molecule has 4 rings (SSSR count). The van der Waals surface area contributed by atoms with E-state index in [1.807, 2.05) is 36.4 Å². The first kappa shape index (κ1) is 19.2. The van der Waals surface area contributed by atoms with Crippen LogP contribution in [0.3, 0.4) is 0 Å². The Labute approximate surface area is 169 Å². The number of Topliss-reactive ketones (excluding diaryl/α,β-unsaturated/α-hetero) is 1. The fourth-order valence-electron chi connectivity index (χ4n) is 3.80. The number of carbonyl (C=O) groups is 2. The molecular formula is C24H23NO4. The summed E-state index contributed by atoms with van der Waals surface area (Å²) in [5.74, 6) is -0.926. The van der Waals surface area contributed by atoms with Gasteiger partial charge in [0.05, 0.1) is 19.0 Å². The monoisotopic (exact) mass is 389 g/mol. The van der Waals surface area contributed by atoms with Crippen LogP contribution in [0.1, 0.15) is 34.0 Å². The second kappa shape index (κ2) is 8.88. The maximum absolute atomic E-state index is 12.6. The molecule has 0 saturated carbocycles. The van der Waals surface area contributed by atoms with Gasteiger partial charge in [-0.15, -0.1) is 0 Å². The van der Waals surface area contributed by atoms with Gasteiger partial charge in [0, 0.05) is 19.0 Å². The summed E-state index contributed by atoms with van der Waals surface area (Å²) in [5, 5.41) is 0. The molecule has 0 spiro atoms. The largest absolute Gasteiger partial charge is 0.461 e. The number of furan rings is 1. The molecule has 1 aliphatic rings. The van der Waals surface area contributed by atoms with Crippen molar-refractivity contribution >= 4 is 11.7 Å².